The van der Waals surface area contributed by atoms with Crippen LogP contribution in [0.2, 0.25) is 0 Å². The lowest BCUT2D eigenvalue weighted by molar-refractivity contribution is 0.850. The first-order chi connectivity index (χ1) is 8.79. The van der Waals surface area contributed by atoms with Crippen molar-refractivity contribution >= 4 is 22.4 Å². The lowest BCUT2D eigenvalue weighted by atomic mass is 10.2. The standard InChI is InChI=1S/C14H11N3S/c1-17-12-6-2-4-10(9-15)14(12)16-13(17)8-11-5-3-7-18-11/h2-7H,8H2,1H3. The number of thiophene rings is 1. The van der Waals surface area contributed by atoms with Crippen molar-refractivity contribution in [2.45, 2.75) is 6.42 Å². The molecule has 0 unspecified atom stereocenters. The van der Waals surface area contributed by atoms with E-state index in [2.05, 4.69) is 27.1 Å². The summed E-state index contributed by atoms with van der Waals surface area (Å²) in [4.78, 5) is 5.89. The molecular weight excluding hydrogens is 242 g/mol. The van der Waals surface area contributed by atoms with Gasteiger partial charge in [0.1, 0.15) is 17.4 Å². The first kappa shape index (κ1) is 11.0. The van der Waals surface area contributed by atoms with Gasteiger partial charge in [0, 0.05) is 18.3 Å². The highest BCUT2D eigenvalue weighted by Crippen LogP contribution is 2.21. The van der Waals surface area contributed by atoms with E-state index in [4.69, 9.17) is 5.26 Å². The second kappa shape index (κ2) is 4.28. The van der Waals surface area contributed by atoms with Crippen LogP contribution in [0, 0.1) is 11.3 Å². The van der Waals surface area contributed by atoms with Gasteiger partial charge >= 0.3 is 0 Å². The molecule has 0 aliphatic heterocycles. The van der Waals surface area contributed by atoms with Crippen molar-refractivity contribution in [3.63, 3.8) is 0 Å². The highest BCUT2D eigenvalue weighted by Gasteiger charge is 2.11. The Hall–Kier alpha value is -2.12. The topological polar surface area (TPSA) is 41.6 Å². The first-order valence-corrected chi connectivity index (χ1v) is 6.54. The van der Waals surface area contributed by atoms with Gasteiger partial charge in [-0.1, -0.05) is 12.1 Å². The quantitative estimate of drug-likeness (QED) is 0.704. The van der Waals surface area contributed by atoms with Gasteiger partial charge < -0.3 is 4.57 Å². The van der Waals surface area contributed by atoms with Crippen molar-refractivity contribution in [2.24, 2.45) is 7.05 Å². The smallest absolute Gasteiger partial charge is 0.114 e. The Morgan fingerprint density at radius 1 is 1.33 bits per heavy atom. The van der Waals surface area contributed by atoms with Gasteiger partial charge in [-0.25, -0.2) is 4.98 Å². The van der Waals surface area contributed by atoms with Crippen molar-refractivity contribution < 1.29 is 0 Å². The Kier molecular flexibility index (Phi) is 2.62. The van der Waals surface area contributed by atoms with Crippen LogP contribution in [0.3, 0.4) is 0 Å². The molecule has 0 fully saturated rings. The number of hydrogen-bond acceptors (Lipinski definition) is 3. The molecule has 0 saturated heterocycles. The maximum Gasteiger partial charge on any atom is 0.114 e. The van der Waals surface area contributed by atoms with Crippen molar-refractivity contribution in [3.05, 3.63) is 52.0 Å². The van der Waals surface area contributed by atoms with E-state index in [-0.39, 0.29) is 0 Å². The summed E-state index contributed by atoms with van der Waals surface area (Å²) in [5, 5.41) is 11.2. The number of rotatable bonds is 2. The fourth-order valence-electron chi connectivity index (χ4n) is 2.08. The maximum absolute atomic E-state index is 9.10. The molecule has 3 nitrogen and oxygen atoms in total. The third-order valence-electron chi connectivity index (χ3n) is 3.04. The van der Waals surface area contributed by atoms with Crippen LogP contribution in [0.25, 0.3) is 11.0 Å². The minimum absolute atomic E-state index is 0.639. The minimum Gasteiger partial charge on any atom is -0.331 e. The van der Waals surface area contributed by atoms with Crippen molar-refractivity contribution in [1.82, 2.24) is 9.55 Å². The summed E-state index contributed by atoms with van der Waals surface area (Å²) >= 11 is 1.73. The summed E-state index contributed by atoms with van der Waals surface area (Å²) < 4.78 is 2.07. The van der Waals surface area contributed by atoms with Crippen LogP contribution < -0.4 is 0 Å². The molecular formula is C14H11N3S. The highest BCUT2D eigenvalue weighted by atomic mass is 32.1. The molecule has 2 aromatic heterocycles. The van der Waals surface area contributed by atoms with Crippen molar-refractivity contribution in [2.75, 3.05) is 0 Å². The molecule has 0 aliphatic rings. The summed E-state index contributed by atoms with van der Waals surface area (Å²) in [7, 11) is 2.00. The largest absolute Gasteiger partial charge is 0.331 e. The summed E-state index contributed by atoms with van der Waals surface area (Å²) in [6.45, 7) is 0. The predicted molar refractivity (Wildman–Crippen MR) is 72.6 cm³/mol. The first-order valence-electron chi connectivity index (χ1n) is 5.66. The van der Waals surface area contributed by atoms with Crippen molar-refractivity contribution in [1.29, 1.82) is 5.26 Å². The zero-order valence-electron chi connectivity index (χ0n) is 9.92. The Labute approximate surface area is 109 Å². The van der Waals surface area contributed by atoms with Gasteiger partial charge in [0.25, 0.3) is 0 Å². The second-order valence-corrected chi connectivity index (χ2v) is 5.16. The summed E-state index contributed by atoms with van der Waals surface area (Å²) in [6.07, 6.45) is 0.813. The van der Waals surface area contributed by atoms with Crippen LogP contribution >= 0.6 is 11.3 Å². The minimum atomic E-state index is 0.639. The molecule has 0 radical (unpaired) electrons. The van der Waals surface area contributed by atoms with Crippen LogP contribution in [0.15, 0.2) is 35.7 Å². The molecule has 88 valence electrons. The van der Waals surface area contributed by atoms with E-state index in [0.717, 1.165) is 23.3 Å². The number of aryl methyl sites for hydroxylation is 1. The molecule has 1 aromatic carbocycles. The SMILES string of the molecule is Cn1c(Cc2cccs2)nc2c(C#N)cccc21. The lowest BCUT2D eigenvalue weighted by Gasteiger charge is -2.00. The van der Waals surface area contributed by atoms with Gasteiger partial charge in [-0.2, -0.15) is 5.26 Å². The number of nitrogens with zero attached hydrogens (tertiary/aromatic N) is 3. The number of aromatic nitrogens is 2. The number of hydrogen-bond donors (Lipinski definition) is 0. The molecule has 0 bridgehead atoms. The monoisotopic (exact) mass is 253 g/mol. The Morgan fingerprint density at radius 3 is 2.94 bits per heavy atom. The van der Waals surface area contributed by atoms with Gasteiger partial charge in [-0.3, -0.25) is 0 Å². The normalized spacial score (nSPS) is 10.7. The summed E-state index contributed by atoms with van der Waals surface area (Å²) in [5.41, 5.74) is 2.45. The molecule has 2 heterocycles. The van der Waals surface area contributed by atoms with Crippen LogP contribution in [-0.2, 0) is 13.5 Å². The van der Waals surface area contributed by atoms with Gasteiger partial charge in [-0.15, -0.1) is 11.3 Å². The van der Waals surface area contributed by atoms with E-state index in [9.17, 15) is 0 Å². The van der Waals surface area contributed by atoms with E-state index in [0.29, 0.717) is 5.56 Å². The molecule has 3 aromatic rings. The molecule has 18 heavy (non-hydrogen) atoms. The lowest BCUT2D eigenvalue weighted by Crippen LogP contribution is -1.97. The average Bonchev–Trinajstić information content (AvgIpc) is 3.00. The third-order valence-corrected chi connectivity index (χ3v) is 3.91. The number of nitriles is 1. The zero-order chi connectivity index (χ0) is 12.5. The number of fused-ring (bicyclic) bond motifs is 1. The fourth-order valence-corrected chi connectivity index (χ4v) is 2.78. The van der Waals surface area contributed by atoms with Crippen LogP contribution in [0.1, 0.15) is 16.3 Å². The molecule has 0 amide bonds. The molecule has 0 N–H and O–H groups in total. The Balaban J connectivity index is 2.14. The zero-order valence-corrected chi connectivity index (χ0v) is 10.7. The van der Waals surface area contributed by atoms with Gasteiger partial charge in [0.15, 0.2) is 0 Å². The number of imidazole rings is 1. The van der Waals surface area contributed by atoms with Gasteiger partial charge in [-0.05, 0) is 23.6 Å². The molecule has 0 atom stereocenters. The summed E-state index contributed by atoms with van der Waals surface area (Å²) in [5.74, 6) is 0.996. The molecule has 3 rings (SSSR count). The number of para-hydroxylation sites is 1. The molecule has 0 aliphatic carbocycles. The third kappa shape index (κ3) is 1.69. The fraction of sp³-hybridized carbons (Fsp3) is 0.143. The van der Waals surface area contributed by atoms with Crippen LogP contribution in [0.4, 0.5) is 0 Å². The highest BCUT2D eigenvalue weighted by molar-refractivity contribution is 7.09. The van der Waals surface area contributed by atoms with E-state index in [1.807, 2.05) is 31.3 Å². The Bertz CT molecular complexity index is 732. The summed E-state index contributed by atoms with van der Waals surface area (Å²) in [6, 6.07) is 12.1. The van der Waals surface area contributed by atoms with E-state index >= 15 is 0 Å². The number of benzene rings is 1. The van der Waals surface area contributed by atoms with Gasteiger partial charge in [0.05, 0.1) is 11.1 Å². The van der Waals surface area contributed by atoms with Crippen molar-refractivity contribution in [3.8, 4) is 6.07 Å². The van der Waals surface area contributed by atoms with Crippen LogP contribution in [-0.4, -0.2) is 9.55 Å². The second-order valence-electron chi connectivity index (χ2n) is 4.13. The van der Waals surface area contributed by atoms with Gasteiger partial charge in [0.2, 0.25) is 0 Å². The molecule has 4 heteroatoms. The maximum atomic E-state index is 9.10. The van der Waals surface area contributed by atoms with E-state index in [1.165, 1.54) is 4.88 Å². The van der Waals surface area contributed by atoms with Crippen LogP contribution in [0.5, 0.6) is 0 Å². The molecule has 0 saturated carbocycles. The predicted octanol–water partition coefficient (Wildman–Crippen LogP) is 3.10. The Morgan fingerprint density at radius 2 is 2.22 bits per heavy atom. The molecule has 0 spiro atoms. The van der Waals surface area contributed by atoms with E-state index < -0.39 is 0 Å². The van der Waals surface area contributed by atoms with E-state index in [1.54, 1.807) is 11.3 Å². The average molecular weight is 253 g/mol.